The molecule has 0 fully saturated rings. The summed E-state index contributed by atoms with van der Waals surface area (Å²) in [4.78, 5) is 0. The maximum Gasteiger partial charge on any atom is 0.0992 e. The molecule has 102 valence electrons. The third kappa shape index (κ3) is 3.74. The summed E-state index contributed by atoms with van der Waals surface area (Å²) in [7, 11) is 0. The van der Waals surface area contributed by atoms with Gasteiger partial charge >= 0.3 is 0 Å². The van der Waals surface area contributed by atoms with Gasteiger partial charge in [-0.25, -0.2) is 0 Å². The minimum Gasteiger partial charge on any atom is -0.306 e. The zero-order chi connectivity index (χ0) is 14.5. The summed E-state index contributed by atoms with van der Waals surface area (Å²) in [5.74, 6) is 0. The predicted molar refractivity (Wildman–Crippen MR) is 82.9 cm³/mol. The molecule has 0 heterocycles. The highest BCUT2D eigenvalue weighted by atomic mass is 35.5. The third-order valence-corrected chi connectivity index (χ3v) is 3.72. The second-order valence-corrected chi connectivity index (χ2v) is 5.42. The van der Waals surface area contributed by atoms with Crippen LogP contribution in [0.1, 0.15) is 29.7 Å². The van der Waals surface area contributed by atoms with Crippen molar-refractivity contribution in [1.82, 2.24) is 5.32 Å². The molecule has 0 aliphatic rings. The summed E-state index contributed by atoms with van der Waals surface area (Å²) in [6.45, 7) is 2.71. The van der Waals surface area contributed by atoms with E-state index in [1.54, 1.807) is 12.1 Å². The number of rotatable bonds is 4. The smallest absolute Gasteiger partial charge is 0.0992 e. The van der Waals surface area contributed by atoms with Crippen LogP contribution in [0.2, 0.25) is 10.0 Å². The number of benzene rings is 2. The molecule has 1 unspecified atom stereocenters. The van der Waals surface area contributed by atoms with Gasteiger partial charge in [-0.2, -0.15) is 5.26 Å². The number of halogens is 2. The lowest BCUT2D eigenvalue weighted by atomic mass is 10.1. The van der Waals surface area contributed by atoms with Crippen LogP contribution in [0.5, 0.6) is 0 Å². The molecule has 0 amide bonds. The van der Waals surface area contributed by atoms with Gasteiger partial charge in [0.2, 0.25) is 0 Å². The molecule has 0 saturated heterocycles. The van der Waals surface area contributed by atoms with Gasteiger partial charge in [-0.3, -0.25) is 0 Å². The van der Waals surface area contributed by atoms with E-state index in [4.69, 9.17) is 28.5 Å². The topological polar surface area (TPSA) is 35.8 Å². The van der Waals surface area contributed by atoms with Crippen LogP contribution >= 0.6 is 23.2 Å². The van der Waals surface area contributed by atoms with Crippen molar-refractivity contribution in [2.75, 3.05) is 0 Å². The standard InChI is InChI=1S/C16H14Cl2N2/c1-11(13-3-2-4-15(17)8-13)20-10-14-6-5-12(9-19)7-16(14)18/h2-8,11,20H,10H2,1H3. The van der Waals surface area contributed by atoms with Crippen molar-refractivity contribution < 1.29 is 0 Å². The van der Waals surface area contributed by atoms with Crippen molar-refractivity contribution in [3.05, 3.63) is 69.2 Å². The Hall–Kier alpha value is -1.53. The number of nitriles is 1. The minimum atomic E-state index is 0.167. The van der Waals surface area contributed by atoms with Gasteiger partial charge in [-0.15, -0.1) is 0 Å². The van der Waals surface area contributed by atoms with Gasteiger partial charge in [-0.1, -0.05) is 41.4 Å². The lowest BCUT2D eigenvalue weighted by Crippen LogP contribution is -2.18. The molecule has 1 atom stereocenters. The highest BCUT2D eigenvalue weighted by molar-refractivity contribution is 6.31. The average Bonchev–Trinajstić information content (AvgIpc) is 2.45. The third-order valence-electron chi connectivity index (χ3n) is 3.13. The number of hydrogen-bond donors (Lipinski definition) is 1. The Labute approximate surface area is 128 Å². The van der Waals surface area contributed by atoms with E-state index in [1.807, 2.05) is 30.3 Å². The molecule has 0 aliphatic carbocycles. The summed E-state index contributed by atoms with van der Waals surface area (Å²) < 4.78 is 0. The Morgan fingerprint density at radius 3 is 2.65 bits per heavy atom. The largest absolute Gasteiger partial charge is 0.306 e. The van der Waals surface area contributed by atoms with E-state index in [1.165, 1.54) is 0 Å². The maximum absolute atomic E-state index is 8.81. The Balaban J connectivity index is 2.04. The molecule has 20 heavy (non-hydrogen) atoms. The lowest BCUT2D eigenvalue weighted by molar-refractivity contribution is 0.575. The van der Waals surface area contributed by atoms with Gasteiger partial charge in [0.15, 0.2) is 0 Å². The van der Waals surface area contributed by atoms with Crippen LogP contribution in [0.3, 0.4) is 0 Å². The molecule has 2 aromatic carbocycles. The molecule has 2 rings (SSSR count). The fourth-order valence-corrected chi connectivity index (χ4v) is 2.36. The fourth-order valence-electron chi connectivity index (χ4n) is 1.92. The van der Waals surface area contributed by atoms with Crippen LogP contribution in [0.15, 0.2) is 42.5 Å². The van der Waals surface area contributed by atoms with Gasteiger partial charge in [0.1, 0.15) is 0 Å². The van der Waals surface area contributed by atoms with Crippen LogP contribution in [0.25, 0.3) is 0 Å². The van der Waals surface area contributed by atoms with Gasteiger partial charge in [0.05, 0.1) is 11.6 Å². The lowest BCUT2D eigenvalue weighted by Gasteiger charge is -2.15. The van der Waals surface area contributed by atoms with Crippen molar-refractivity contribution in [2.24, 2.45) is 0 Å². The van der Waals surface area contributed by atoms with Crippen molar-refractivity contribution in [1.29, 1.82) is 5.26 Å². The predicted octanol–water partition coefficient (Wildman–Crippen LogP) is 4.72. The molecule has 0 aromatic heterocycles. The molecular weight excluding hydrogens is 291 g/mol. The molecule has 0 spiro atoms. The van der Waals surface area contributed by atoms with E-state index in [0.717, 1.165) is 16.1 Å². The number of nitrogens with one attached hydrogen (secondary N) is 1. The summed E-state index contributed by atoms with van der Waals surface area (Å²) in [5, 5.41) is 13.5. The van der Waals surface area contributed by atoms with E-state index in [2.05, 4.69) is 18.3 Å². The second-order valence-electron chi connectivity index (χ2n) is 4.58. The first-order chi connectivity index (χ1) is 9.60. The summed E-state index contributed by atoms with van der Waals surface area (Å²) in [6, 6.07) is 15.3. The summed E-state index contributed by atoms with van der Waals surface area (Å²) >= 11 is 12.1. The van der Waals surface area contributed by atoms with Crippen molar-refractivity contribution >= 4 is 23.2 Å². The van der Waals surface area contributed by atoms with E-state index >= 15 is 0 Å². The van der Waals surface area contributed by atoms with Crippen LogP contribution in [0, 0.1) is 11.3 Å². The van der Waals surface area contributed by atoms with E-state index in [-0.39, 0.29) is 6.04 Å². The second kappa shape index (κ2) is 6.76. The molecule has 0 radical (unpaired) electrons. The SMILES string of the molecule is CC(NCc1ccc(C#N)cc1Cl)c1cccc(Cl)c1. The zero-order valence-corrected chi connectivity index (χ0v) is 12.5. The van der Waals surface area contributed by atoms with Crippen LogP contribution in [0.4, 0.5) is 0 Å². The quantitative estimate of drug-likeness (QED) is 0.887. The van der Waals surface area contributed by atoms with Crippen LogP contribution in [-0.2, 0) is 6.54 Å². The first-order valence-electron chi connectivity index (χ1n) is 6.27. The first-order valence-corrected chi connectivity index (χ1v) is 7.03. The average molecular weight is 305 g/mol. The monoisotopic (exact) mass is 304 g/mol. The van der Waals surface area contributed by atoms with Crippen molar-refractivity contribution in [3.63, 3.8) is 0 Å². The van der Waals surface area contributed by atoms with E-state index < -0.39 is 0 Å². The molecule has 0 saturated carbocycles. The molecule has 0 bridgehead atoms. The summed E-state index contributed by atoms with van der Waals surface area (Å²) in [5.41, 5.74) is 2.67. The first kappa shape index (κ1) is 14.9. The van der Waals surface area contributed by atoms with Crippen LogP contribution < -0.4 is 5.32 Å². The summed E-state index contributed by atoms with van der Waals surface area (Å²) in [6.07, 6.45) is 0. The van der Waals surface area contributed by atoms with Crippen molar-refractivity contribution in [3.8, 4) is 6.07 Å². The molecule has 4 heteroatoms. The molecular formula is C16H14Cl2N2. The van der Waals surface area contributed by atoms with Crippen molar-refractivity contribution in [2.45, 2.75) is 19.5 Å². The molecule has 2 nitrogen and oxygen atoms in total. The Kier molecular flexibility index (Phi) is 5.03. The zero-order valence-electron chi connectivity index (χ0n) is 11.0. The fraction of sp³-hybridized carbons (Fsp3) is 0.188. The normalized spacial score (nSPS) is 11.9. The van der Waals surface area contributed by atoms with Gasteiger partial charge < -0.3 is 5.32 Å². The Bertz CT molecular complexity index is 647. The Morgan fingerprint density at radius 2 is 2.00 bits per heavy atom. The van der Waals surface area contributed by atoms with E-state index in [0.29, 0.717) is 17.1 Å². The van der Waals surface area contributed by atoms with Gasteiger partial charge in [-0.05, 0) is 42.3 Å². The Morgan fingerprint density at radius 1 is 1.20 bits per heavy atom. The minimum absolute atomic E-state index is 0.167. The van der Waals surface area contributed by atoms with Crippen LogP contribution in [-0.4, -0.2) is 0 Å². The molecule has 2 aromatic rings. The maximum atomic E-state index is 8.81. The van der Waals surface area contributed by atoms with Gasteiger partial charge in [0.25, 0.3) is 0 Å². The molecule has 1 N–H and O–H groups in total. The number of nitrogens with zero attached hydrogens (tertiary/aromatic N) is 1. The highest BCUT2D eigenvalue weighted by Gasteiger charge is 2.07. The number of hydrogen-bond acceptors (Lipinski definition) is 2. The van der Waals surface area contributed by atoms with Gasteiger partial charge in [0, 0.05) is 22.6 Å². The molecule has 0 aliphatic heterocycles. The highest BCUT2D eigenvalue weighted by Crippen LogP contribution is 2.20. The van der Waals surface area contributed by atoms with E-state index in [9.17, 15) is 0 Å².